The molecule has 0 amide bonds. The van der Waals surface area contributed by atoms with Gasteiger partial charge in [-0.25, -0.2) is 0 Å². The molecule has 0 saturated carbocycles. The third-order valence-electron chi connectivity index (χ3n) is 2.45. The number of aromatic hydroxyl groups is 1. The van der Waals surface area contributed by atoms with Crippen molar-refractivity contribution in [1.82, 2.24) is 0 Å². The van der Waals surface area contributed by atoms with Crippen molar-refractivity contribution in [3.8, 4) is 11.5 Å². The molecule has 0 aliphatic rings. The molecule has 0 unspecified atom stereocenters. The fourth-order valence-corrected chi connectivity index (χ4v) is 2.05. The molecule has 1 aromatic rings. The zero-order valence-electron chi connectivity index (χ0n) is 11.1. The Morgan fingerprint density at radius 2 is 2.06 bits per heavy atom. The van der Waals surface area contributed by atoms with E-state index < -0.39 is 8.07 Å². The molecule has 1 N–H and O–H groups in total. The Labute approximate surface area is 109 Å². The standard InChI is InChI=1S/C13H20O4Si/c1-18(2,3)8-7-16-10-17-12-6-4-5-11(9-14)13(12)15/h4-6,9,15H,7-8,10H2,1-3H3. The third-order valence-corrected chi connectivity index (χ3v) is 4.16. The van der Waals surface area contributed by atoms with E-state index in [0.717, 1.165) is 6.04 Å². The molecular weight excluding hydrogens is 248 g/mol. The molecule has 100 valence electrons. The van der Waals surface area contributed by atoms with Crippen LogP contribution in [0.4, 0.5) is 0 Å². The van der Waals surface area contributed by atoms with E-state index in [1.165, 1.54) is 6.07 Å². The topological polar surface area (TPSA) is 55.8 Å². The minimum absolute atomic E-state index is 0.0837. The Morgan fingerprint density at radius 1 is 1.33 bits per heavy atom. The van der Waals surface area contributed by atoms with Gasteiger partial charge in [0.25, 0.3) is 0 Å². The number of hydrogen-bond donors (Lipinski definition) is 1. The summed E-state index contributed by atoms with van der Waals surface area (Å²) in [6, 6.07) is 5.85. The molecule has 0 fully saturated rings. The second-order valence-corrected chi connectivity index (χ2v) is 10.9. The van der Waals surface area contributed by atoms with Crippen molar-refractivity contribution in [2.45, 2.75) is 25.7 Å². The van der Waals surface area contributed by atoms with Crippen molar-refractivity contribution in [3.63, 3.8) is 0 Å². The number of hydrogen-bond acceptors (Lipinski definition) is 4. The van der Waals surface area contributed by atoms with Crippen LogP contribution in [0.15, 0.2) is 18.2 Å². The molecule has 1 aromatic carbocycles. The summed E-state index contributed by atoms with van der Waals surface area (Å²) in [5.74, 6) is 0.133. The molecular formula is C13H20O4Si. The van der Waals surface area contributed by atoms with Gasteiger partial charge in [0.2, 0.25) is 0 Å². The zero-order chi connectivity index (χ0) is 13.6. The second-order valence-electron chi connectivity index (χ2n) is 5.29. The largest absolute Gasteiger partial charge is 0.504 e. The molecule has 0 aliphatic heterocycles. The average Bonchev–Trinajstić information content (AvgIpc) is 2.29. The summed E-state index contributed by atoms with van der Waals surface area (Å²) in [7, 11) is -1.09. The summed E-state index contributed by atoms with van der Waals surface area (Å²) < 4.78 is 10.6. The highest BCUT2D eigenvalue weighted by atomic mass is 28.3. The smallest absolute Gasteiger partial charge is 0.189 e. The Morgan fingerprint density at radius 3 is 2.67 bits per heavy atom. The lowest BCUT2D eigenvalue weighted by atomic mass is 10.2. The van der Waals surface area contributed by atoms with Crippen molar-refractivity contribution >= 4 is 14.4 Å². The van der Waals surface area contributed by atoms with Gasteiger partial charge in [-0.2, -0.15) is 0 Å². The van der Waals surface area contributed by atoms with Crippen LogP contribution in [0.1, 0.15) is 10.4 Å². The summed E-state index contributed by atoms with van der Waals surface area (Å²) in [5.41, 5.74) is 0.217. The number of ether oxygens (including phenoxy) is 2. The first kappa shape index (κ1) is 14.7. The Balaban J connectivity index is 2.38. The maximum atomic E-state index is 10.6. The van der Waals surface area contributed by atoms with Gasteiger partial charge in [0, 0.05) is 14.7 Å². The van der Waals surface area contributed by atoms with E-state index in [0.29, 0.717) is 12.9 Å². The first-order valence-corrected chi connectivity index (χ1v) is 9.62. The van der Waals surface area contributed by atoms with E-state index in [1.54, 1.807) is 12.1 Å². The predicted octanol–water partition coefficient (Wildman–Crippen LogP) is 2.90. The summed E-state index contributed by atoms with van der Waals surface area (Å²) in [6.45, 7) is 7.56. The molecule has 18 heavy (non-hydrogen) atoms. The monoisotopic (exact) mass is 268 g/mol. The van der Waals surface area contributed by atoms with Crippen LogP contribution in [-0.2, 0) is 4.74 Å². The van der Waals surface area contributed by atoms with E-state index >= 15 is 0 Å². The number of carbonyl (C=O) groups excluding carboxylic acids is 1. The van der Waals surface area contributed by atoms with Crippen LogP contribution in [0, 0.1) is 0 Å². The third kappa shape index (κ3) is 4.89. The fourth-order valence-electron chi connectivity index (χ4n) is 1.29. The highest BCUT2D eigenvalue weighted by molar-refractivity contribution is 6.76. The van der Waals surface area contributed by atoms with Crippen molar-refractivity contribution in [2.24, 2.45) is 0 Å². The molecule has 0 radical (unpaired) electrons. The van der Waals surface area contributed by atoms with Crippen molar-refractivity contribution in [1.29, 1.82) is 0 Å². The van der Waals surface area contributed by atoms with E-state index in [2.05, 4.69) is 19.6 Å². The van der Waals surface area contributed by atoms with Crippen molar-refractivity contribution < 1.29 is 19.4 Å². The highest BCUT2D eigenvalue weighted by Gasteiger charge is 2.12. The fraction of sp³-hybridized carbons (Fsp3) is 0.462. The molecule has 0 spiro atoms. The van der Waals surface area contributed by atoms with E-state index in [-0.39, 0.29) is 23.9 Å². The van der Waals surface area contributed by atoms with E-state index in [9.17, 15) is 9.90 Å². The van der Waals surface area contributed by atoms with Gasteiger partial charge in [0.15, 0.2) is 24.6 Å². The van der Waals surface area contributed by atoms with Gasteiger partial charge in [-0.3, -0.25) is 4.79 Å². The van der Waals surface area contributed by atoms with Crippen molar-refractivity contribution in [3.05, 3.63) is 23.8 Å². The first-order valence-electron chi connectivity index (χ1n) is 5.92. The Hall–Kier alpha value is -1.33. The molecule has 5 heteroatoms. The Kier molecular flexibility index (Phi) is 5.37. The molecule has 0 heterocycles. The maximum Gasteiger partial charge on any atom is 0.189 e. The summed E-state index contributed by atoms with van der Waals surface area (Å²) >= 11 is 0. The first-order chi connectivity index (χ1) is 8.44. The molecule has 0 atom stereocenters. The van der Waals surface area contributed by atoms with Crippen LogP contribution in [0.25, 0.3) is 0 Å². The van der Waals surface area contributed by atoms with Gasteiger partial charge in [0.1, 0.15) is 0 Å². The number of phenols is 1. The summed E-state index contributed by atoms with van der Waals surface area (Å²) in [5, 5.41) is 9.67. The lowest BCUT2D eigenvalue weighted by Gasteiger charge is -2.15. The number of rotatable bonds is 7. The number of phenolic OH excluding ortho intramolecular Hbond substituents is 1. The molecule has 0 aromatic heterocycles. The van der Waals surface area contributed by atoms with Crippen LogP contribution in [-0.4, -0.2) is 32.9 Å². The molecule has 4 nitrogen and oxygen atoms in total. The SMILES string of the molecule is C[Si](C)(C)CCOCOc1cccc(C=O)c1O. The molecule has 0 aliphatic carbocycles. The lowest BCUT2D eigenvalue weighted by molar-refractivity contribution is 0.0205. The van der Waals surface area contributed by atoms with Crippen LogP contribution in [0.2, 0.25) is 25.7 Å². The van der Waals surface area contributed by atoms with Gasteiger partial charge in [-0.1, -0.05) is 25.7 Å². The lowest BCUT2D eigenvalue weighted by Crippen LogP contribution is -2.22. The molecule has 0 bridgehead atoms. The van der Waals surface area contributed by atoms with Gasteiger partial charge in [0.05, 0.1) is 5.56 Å². The van der Waals surface area contributed by atoms with Crippen molar-refractivity contribution in [2.75, 3.05) is 13.4 Å². The van der Waals surface area contributed by atoms with Gasteiger partial charge in [-0.15, -0.1) is 0 Å². The van der Waals surface area contributed by atoms with Gasteiger partial charge in [-0.05, 0) is 18.2 Å². The minimum atomic E-state index is -1.09. The van der Waals surface area contributed by atoms with E-state index in [1.807, 2.05) is 0 Å². The molecule has 0 saturated heterocycles. The Bertz CT molecular complexity index is 398. The predicted molar refractivity (Wildman–Crippen MR) is 73.1 cm³/mol. The normalized spacial score (nSPS) is 11.3. The molecule has 1 rings (SSSR count). The summed E-state index contributed by atoms with van der Waals surface area (Å²) in [6.07, 6.45) is 0.592. The van der Waals surface area contributed by atoms with Crippen LogP contribution >= 0.6 is 0 Å². The van der Waals surface area contributed by atoms with Gasteiger partial charge < -0.3 is 14.6 Å². The highest BCUT2D eigenvalue weighted by Crippen LogP contribution is 2.28. The van der Waals surface area contributed by atoms with Crippen LogP contribution < -0.4 is 4.74 Å². The number of benzene rings is 1. The van der Waals surface area contributed by atoms with E-state index in [4.69, 9.17) is 9.47 Å². The quantitative estimate of drug-likeness (QED) is 0.357. The van der Waals surface area contributed by atoms with Gasteiger partial charge >= 0.3 is 0 Å². The van der Waals surface area contributed by atoms with Crippen LogP contribution in [0.3, 0.4) is 0 Å². The number of carbonyl (C=O) groups is 1. The number of para-hydroxylation sites is 1. The second kappa shape index (κ2) is 6.56. The zero-order valence-corrected chi connectivity index (χ0v) is 12.1. The average molecular weight is 268 g/mol. The summed E-state index contributed by atoms with van der Waals surface area (Å²) in [4.78, 5) is 10.6. The van der Waals surface area contributed by atoms with Crippen LogP contribution in [0.5, 0.6) is 11.5 Å². The number of aldehydes is 1. The maximum absolute atomic E-state index is 10.6. The minimum Gasteiger partial charge on any atom is -0.504 e.